The minimum absolute atomic E-state index is 0.342. The second-order valence-electron chi connectivity index (χ2n) is 6.19. The van der Waals surface area contributed by atoms with Crippen molar-refractivity contribution in [2.24, 2.45) is 4.99 Å². The molecule has 0 radical (unpaired) electrons. The maximum absolute atomic E-state index is 6.10. The van der Waals surface area contributed by atoms with Crippen LogP contribution in [0.2, 0.25) is 5.02 Å². The van der Waals surface area contributed by atoms with Gasteiger partial charge in [0.2, 0.25) is 5.88 Å². The van der Waals surface area contributed by atoms with Crippen molar-refractivity contribution in [2.45, 2.75) is 19.0 Å². The van der Waals surface area contributed by atoms with Gasteiger partial charge in [-0.15, -0.1) is 0 Å². The van der Waals surface area contributed by atoms with Crippen molar-refractivity contribution < 1.29 is 4.74 Å². The molecular formula is C19H24ClN5O. The van der Waals surface area contributed by atoms with Crippen LogP contribution in [0.5, 0.6) is 5.88 Å². The van der Waals surface area contributed by atoms with E-state index in [0.29, 0.717) is 18.5 Å². The number of hydrogen-bond donors (Lipinski definition) is 2. The third-order valence-corrected chi connectivity index (χ3v) is 4.63. The molecule has 1 fully saturated rings. The van der Waals surface area contributed by atoms with E-state index in [4.69, 9.17) is 16.3 Å². The molecular weight excluding hydrogens is 350 g/mol. The summed E-state index contributed by atoms with van der Waals surface area (Å²) in [7, 11) is 3.39. The molecule has 0 spiro atoms. The molecule has 0 amide bonds. The van der Waals surface area contributed by atoms with E-state index in [1.807, 2.05) is 30.3 Å². The van der Waals surface area contributed by atoms with Crippen LogP contribution in [0.25, 0.3) is 0 Å². The normalized spacial score (nSPS) is 17.3. The molecule has 1 aliphatic heterocycles. The third-order valence-electron chi connectivity index (χ3n) is 4.39. The van der Waals surface area contributed by atoms with Crippen molar-refractivity contribution in [1.29, 1.82) is 0 Å². The molecule has 1 aromatic heterocycles. The zero-order chi connectivity index (χ0) is 18.4. The Hall–Kier alpha value is -2.47. The molecule has 6 nitrogen and oxygen atoms in total. The first-order valence-corrected chi connectivity index (χ1v) is 9.02. The molecule has 3 rings (SSSR count). The highest BCUT2D eigenvalue weighted by Gasteiger charge is 2.23. The van der Waals surface area contributed by atoms with Crippen molar-refractivity contribution in [2.75, 3.05) is 32.1 Å². The second-order valence-corrected chi connectivity index (χ2v) is 6.63. The number of nitrogens with one attached hydrogen (secondary N) is 2. The number of ether oxygens (including phenoxy) is 1. The van der Waals surface area contributed by atoms with E-state index in [9.17, 15) is 0 Å². The van der Waals surface area contributed by atoms with Gasteiger partial charge >= 0.3 is 0 Å². The largest absolute Gasteiger partial charge is 0.481 e. The van der Waals surface area contributed by atoms with Crippen LogP contribution < -0.4 is 20.3 Å². The Labute approximate surface area is 159 Å². The highest BCUT2D eigenvalue weighted by molar-refractivity contribution is 6.30. The smallest absolute Gasteiger partial charge is 0.212 e. The zero-order valence-electron chi connectivity index (χ0n) is 15.1. The van der Waals surface area contributed by atoms with Gasteiger partial charge < -0.3 is 20.3 Å². The van der Waals surface area contributed by atoms with Crippen LogP contribution in [0.15, 0.2) is 47.6 Å². The summed E-state index contributed by atoms with van der Waals surface area (Å²) < 4.78 is 5.08. The van der Waals surface area contributed by atoms with Crippen molar-refractivity contribution in [3.63, 3.8) is 0 Å². The fraction of sp³-hybridized carbons (Fsp3) is 0.368. The average molecular weight is 374 g/mol. The van der Waals surface area contributed by atoms with Crippen LogP contribution in [0, 0.1) is 0 Å². The molecule has 2 N–H and O–H groups in total. The van der Waals surface area contributed by atoms with Crippen LogP contribution in [0.4, 0.5) is 5.69 Å². The van der Waals surface area contributed by atoms with E-state index >= 15 is 0 Å². The van der Waals surface area contributed by atoms with Crippen LogP contribution in [0.3, 0.4) is 0 Å². The van der Waals surface area contributed by atoms with Crippen molar-refractivity contribution >= 4 is 23.2 Å². The minimum atomic E-state index is 0.342. The Morgan fingerprint density at radius 2 is 2.27 bits per heavy atom. The summed E-state index contributed by atoms with van der Waals surface area (Å²) in [6, 6.07) is 12.2. The van der Waals surface area contributed by atoms with Crippen molar-refractivity contribution in [3.05, 3.63) is 53.2 Å². The maximum atomic E-state index is 6.10. The molecule has 7 heteroatoms. The third kappa shape index (κ3) is 4.79. The molecule has 2 aromatic rings. The summed E-state index contributed by atoms with van der Waals surface area (Å²) in [4.78, 5) is 10.9. The van der Waals surface area contributed by atoms with E-state index < -0.39 is 0 Å². The Morgan fingerprint density at radius 1 is 1.38 bits per heavy atom. The lowest BCUT2D eigenvalue weighted by Crippen LogP contribution is -2.44. The van der Waals surface area contributed by atoms with Gasteiger partial charge in [0.1, 0.15) is 0 Å². The molecule has 0 aliphatic carbocycles. The van der Waals surface area contributed by atoms with Gasteiger partial charge in [0.25, 0.3) is 0 Å². The predicted molar refractivity (Wildman–Crippen MR) is 106 cm³/mol. The molecule has 1 aliphatic rings. The van der Waals surface area contributed by atoms with Crippen LogP contribution >= 0.6 is 11.6 Å². The van der Waals surface area contributed by atoms with Crippen LogP contribution in [-0.4, -0.2) is 44.2 Å². The topological polar surface area (TPSA) is 61.8 Å². The summed E-state index contributed by atoms with van der Waals surface area (Å²) in [6.45, 7) is 2.57. The number of methoxy groups -OCH3 is 1. The van der Waals surface area contributed by atoms with Gasteiger partial charge in [-0.2, -0.15) is 0 Å². The van der Waals surface area contributed by atoms with Gasteiger partial charge in [0, 0.05) is 55.7 Å². The fourth-order valence-electron chi connectivity index (χ4n) is 3.00. The SMILES string of the molecule is CN=C(NCc1ccc(OC)nc1)NC1CCN(c2cccc(Cl)c2)C1. The molecule has 2 heterocycles. The molecule has 1 unspecified atom stereocenters. The number of benzene rings is 1. The standard InChI is InChI=1S/C19H24ClN5O/c1-21-19(23-12-14-6-7-18(26-2)22-11-14)24-16-8-9-25(13-16)17-5-3-4-15(20)10-17/h3-7,10-11,16H,8-9,12-13H2,1-2H3,(H2,21,23,24). The number of rotatable bonds is 5. The van der Waals surface area contributed by atoms with Gasteiger partial charge in [0.05, 0.1) is 7.11 Å². The highest BCUT2D eigenvalue weighted by atomic mass is 35.5. The first kappa shape index (κ1) is 18.3. The fourth-order valence-corrected chi connectivity index (χ4v) is 3.18. The Morgan fingerprint density at radius 3 is 2.96 bits per heavy atom. The zero-order valence-corrected chi connectivity index (χ0v) is 15.8. The van der Waals surface area contributed by atoms with E-state index in [2.05, 4.69) is 31.6 Å². The number of nitrogens with zero attached hydrogens (tertiary/aromatic N) is 3. The van der Waals surface area contributed by atoms with E-state index in [0.717, 1.165) is 41.7 Å². The lowest BCUT2D eigenvalue weighted by Gasteiger charge is -2.20. The second kappa shape index (κ2) is 8.76. The van der Waals surface area contributed by atoms with E-state index in [1.54, 1.807) is 20.4 Å². The summed E-state index contributed by atoms with van der Waals surface area (Å²) in [5, 5.41) is 7.59. The Bertz CT molecular complexity index is 750. The molecule has 138 valence electrons. The molecule has 26 heavy (non-hydrogen) atoms. The maximum Gasteiger partial charge on any atom is 0.212 e. The molecule has 1 atom stereocenters. The van der Waals surface area contributed by atoms with E-state index in [1.165, 1.54) is 0 Å². The van der Waals surface area contributed by atoms with Crippen LogP contribution in [-0.2, 0) is 6.54 Å². The van der Waals surface area contributed by atoms with Gasteiger partial charge in [-0.25, -0.2) is 4.98 Å². The highest BCUT2D eigenvalue weighted by Crippen LogP contribution is 2.23. The molecule has 0 saturated carbocycles. The number of aromatic nitrogens is 1. The molecule has 0 bridgehead atoms. The summed E-state index contributed by atoms with van der Waals surface area (Å²) in [6.07, 6.45) is 2.85. The number of hydrogen-bond acceptors (Lipinski definition) is 4. The summed E-state index contributed by atoms with van der Waals surface area (Å²) in [5.74, 6) is 1.40. The quantitative estimate of drug-likeness (QED) is 0.623. The molecule has 1 saturated heterocycles. The first-order chi connectivity index (χ1) is 12.7. The van der Waals surface area contributed by atoms with Gasteiger partial charge in [-0.05, 0) is 30.2 Å². The summed E-state index contributed by atoms with van der Waals surface area (Å²) in [5.41, 5.74) is 2.23. The van der Waals surface area contributed by atoms with Gasteiger partial charge in [-0.1, -0.05) is 23.7 Å². The van der Waals surface area contributed by atoms with Crippen LogP contribution in [0.1, 0.15) is 12.0 Å². The monoisotopic (exact) mass is 373 g/mol. The van der Waals surface area contributed by atoms with Gasteiger partial charge in [-0.3, -0.25) is 4.99 Å². The Kier molecular flexibility index (Phi) is 6.17. The number of anilines is 1. The number of guanidine groups is 1. The number of halogens is 1. The predicted octanol–water partition coefficient (Wildman–Crippen LogP) is 2.69. The van der Waals surface area contributed by atoms with Gasteiger partial charge in [0.15, 0.2) is 5.96 Å². The van der Waals surface area contributed by atoms with Crippen molar-refractivity contribution in [1.82, 2.24) is 15.6 Å². The average Bonchev–Trinajstić information content (AvgIpc) is 3.14. The number of aliphatic imine (C=N–C) groups is 1. The summed E-state index contributed by atoms with van der Waals surface area (Å²) >= 11 is 6.10. The lowest BCUT2D eigenvalue weighted by atomic mass is 10.2. The van der Waals surface area contributed by atoms with Crippen molar-refractivity contribution in [3.8, 4) is 5.88 Å². The number of pyridine rings is 1. The molecule has 1 aromatic carbocycles. The lowest BCUT2D eigenvalue weighted by molar-refractivity contribution is 0.397. The Balaban J connectivity index is 1.50. The minimum Gasteiger partial charge on any atom is -0.481 e. The first-order valence-electron chi connectivity index (χ1n) is 8.64. The van der Waals surface area contributed by atoms with E-state index in [-0.39, 0.29) is 0 Å².